The molecule has 0 bridgehead atoms. The van der Waals surface area contributed by atoms with Crippen LogP contribution in [0.3, 0.4) is 0 Å². The minimum absolute atomic E-state index is 0.306. The molecule has 0 aliphatic heterocycles. The average molecular weight is 273 g/mol. The first-order valence-corrected chi connectivity index (χ1v) is 6.23. The van der Waals surface area contributed by atoms with E-state index in [-0.39, 0.29) is 5.92 Å². The third-order valence-electron chi connectivity index (χ3n) is 3.22. The molecule has 0 radical (unpaired) electrons. The van der Waals surface area contributed by atoms with Crippen LogP contribution < -0.4 is 0 Å². The number of benzene rings is 1. The molecule has 1 aromatic carbocycles. The molecule has 0 fully saturated rings. The lowest BCUT2D eigenvalue weighted by molar-refractivity contribution is -0.114. The third kappa shape index (κ3) is 2.19. The van der Waals surface area contributed by atoms with Gasteiger partial charge in [-0.15, -0.1) is 0 Å². The highest BCUT2D eigenvalue weighted by Gasteiger charge is 2.30. The number of nitrogens with one attached hydrogen (secondary N) is 1. The molecular weight excluding hydrogens is 258 g/mol. The minimum atomic E-state index is -0.511. The minimum Gasteiger partial charge on any atom is -0.460 e. The molecule has 0 amide bonds. The standard InChI is InChI=1S/C14H15N3O3/c1-18-14(19-2)12(13-15-8-16-17-13)11-7-9-5-3-4-6-10(9)20-11/h3-8,12,14H,1-2H3,(H,15,16,17). The maximum Gasteiger partial charge on any atom is 0.173 e. The van der Waals surface area contributed by atoms with Crippen molar-refractivity contribution in [1.82, 2.24) is 15.2 Å². The van der Waals surface area contributed by atoms with Crippen LogP contribution in [0.2, 0.25) is 0 Å². The summed E-state index contributed by atoms with van der Waals surface area (Å²) in [6, 6.07) is 9.78. The zero-order chi connectivity index (χ0) is 13.9. The number of H-pyrrole nitrogens is 1. The van der Waals surface area contributed by atoms with E-state index in [1.165, 1.54) is 6.33 Å². The molecule has 0 saturated heterocycles. The van der Waals surface area contributed by atoms with Crippen LogP contribution in [-0.4, -0.2) is 35.7 Å². The van der Waals surface area contributed by atoms with Gasteiger partial charge < -0.3 is 13.9 Å². The smallest absolute Gasteiger partial charge is 0.173 e. The number of methoxy groups -OCH3 is 2. The van der Waals surface area contributed by atoms with E-state index in [9.17, 15) is 0 Å². The van der Waals surface area contributed by atoms with E-state index in [2.05, 4.69) is 15.2 Å². The maximum absolute atomic E-state index is 5.89. The van der Waals surface area contributed by atoms with E-state index < -0.39 is 6.29 Å². The van der Waals surface area contributed by atoms with Gasteiger partial charge in [-0.1, -0.05) is 18.2 Å². The lowest BCUT2D eigenvalue weighted by atomic mass is 10.0. The molecule has 2 aromatic heterocycles. The summed E-state index contributed by atoms with van der Waals surface area (Å²) in [5, 5.41) is 7.76. The van der Waals surface area contributed by atoms with Crippen molar-refractivity contribution in [3.05, 3.63) is 48.2 Å². The van der Waals surface area contributed by atoms with Gasteiger partial charge in [-0.25, -0.2) is 4.98 Å². The fraction of sp³-hybridized carbons (Fsp3) is 0.286. The quantitative estimate of drug-likeness (QED) is 0.722. The van der Waals surface area contributed by atoms with Crippen LogP contribution >= 0.6 is 0 Å². The van der Waals surface area contributed by atoms with E-state index in [1.807, 2.05) is 30.3 Å². The van der Waals surface area contributed by atoms with E-state index in [0.717, 1.165) is 16.7 Å². The molecule has 0 saturated carbocycles. The molecule has 20 heavy (non-hydrogen) atoms. The second-order valence-corrected chi connectivity index (χ2v) is 4.37. The Kier molecular flexibility index (Phi) is 3.49. The summed E-state index contributed by atoms with van der Waals surface area (Å²) in [5.74, 6) is 1.05. The Balaban J connectivity index is 2.08. The van der Waals surface area contributed by atoms with E-state index >= 15 is 0 Å². The van der Waals surface area contributed by atoms with Gasteiger partial charge in [0.15, 0.2) is 6.29 Å². The number of ether oxygens (including phenoxy) is 2. The highest BCUT2D eigenvalue weighted by atomic mass is 16.7. The van der Waals surface area contributed by atoms with Crippen molar-refractivity contribution in [2.75, 3.05) is 14.2 Å². The molecule has 1 N–H and O–H groups in total. The normalized spacial score (nSPS) is 13.2. The lowest BCUT2D eigenvalue weighted by Gasteiger charge is -2.20. The highest BCUT2D eigenvalue weighted by molar-refractivity contribution is 5.77. The van der Waals surface area contributed by atoms with Crippen LogP contribution in [-0.2, 0) is 9.47 Å². The molecule has 2 heterocycles. The van der Waals surface area contributed by atoms with Gasteiger partial charge in [0, 0.05) is 19.6 Å². The number of nitrogens with zero attached hydrogens (tertiary/aromatic N) is 2. The highest BCUT2D eigenvalue weighted by Crippen LogP contribution is 2.31. The van der Waals surface area contributed by atoms with Crippen molar-refractivity contribution >= 4 is 11.0 Å². The van der Waals surface area contributed by atoms with E-state index in [4.69, 9.17) is 13.9 Å². The van der Waals surface area contributed by atoms with Crippen LogP contribution in [0.15, 0.2) is 41.1 Å². The van der Waals surface area contributed by atoms with Crippen molar-refractivity contribution in [3.63, 3.8) is 0 Å². The summed E-state index contributed by atoms with van der Waals surface area (Å²) < 4.78 is 16.6. The summed E-state index contributed by atoms with van der Waals surface area (Å²) in [5.41, 5.74) is 0.818. The van der Waals surface area contributed by atoms with Crippen molar-refractivity contribution in [1.29, 1.82) is 0 Å². The number of furan rings is 1. The molecule has 3 rings (SSSR count). The molecule has 6 nitrogen and oxygen atoms in total. The molecule has 0 aliphatic rings. The van der Waals surface area contributed by atoms with Gasteiger partial charge in [0.05, 0.1) is 0 Å². The largest absolute Gasteiger partial charge is 0.460 e. The van der Waals surface area contributed by atoms with Crippen LogP contribution in [0, 0.1) is 0 Å². The monoisotopic (exact) mass is 273 g/mol. The topological polar surface area (TPSA) is 73.2 Å². The SMILES string of the molecule is COC(OC)C(c1ncn[nH]1)c1cc2ccccc2o1. The Morgan fingerprint density at radius 1 is 1.20 bits per heavy atom. The molecule has 3 aromatic rings. The van der Waals surface area contributed by atoms with Gasteiger partial charge in [-0.05, 0) is 12.1 Å². The summed E-state index contributed by atoms with van der Waals surface area (Å²) in [7, 11) is 3.17. The first kappa shape index (κ1) is 12.8. The Morgan fingerprint density at radius 3 is 2.65 bits per heavy atom. The fourth-order valence-electron chi connectivity index (χ4n) is 2.29. The molecule has 104 valence electrons. The van der Waals surface area contributed by atoms with Gasteiger partial charge >= 0.3 is 0 Å². The number of para-hydroxylation sites is 1. The Bertz CT molecular complexity index is 641. The van der Waals surface area contributed by atoms with Crippen LogP contribution in [0.5, 0.6) is 0 Å². The molecule has 0 aliphatic carbocycles. The number of rotatable bonds is 5. The van der Waals surface area contributed by atoms with Crippen molar-refractivity contribution < 1.29 is 13.9 Å². The third-order valence-corrected chi connectivity index (χ3v) is 3.22. The van der Waals surface area contributed by atoms with Crippen LogP contribution in [0.1, 0.15) is 17.5 Å². The molecule has 1 atom stereocenters. The summed E-state index contributed by atoms with van der Waals surface area (Å²) in [6.07, 6.45) is 0.941. The van der Waals surface area contributed by atoms with E-state index in [1.54, 1.807) is 14.2 Å². The van der Waals surface area contributed by atoms with Gasteiger partial charge in [0.1, 0.15) is 29.4 Å². The fourth-order valence-corrected chi connectivity index (χ4v) is 2.29. The average Bonchev–Trinajstić information content (AvgIpc) is 3.13. The van der Waals surface area contributed by atoms with Crippen molar-refractivity contribution in [2.24, 2.45) is 0 Å². The van der Waals surface area contributed by atoms with Crippen LogP contribution in [0.4, 0.5) is 0 Å². The Labute approximate surface area is 115 Å². The molecular formula is C14H15N3O3. The van der Waals surface area contributed by atoms with Gasteiger partial charge in [0.2, 0.25) is 0 Å². The van der Waals surface area contributed by atoms with Crippen molar-refractivity contribution in [3.8, 4) is 0 Å². The summed E-state index contributed by atoms with van der Waals surface area (Å²) in [4.78, 5) is 4.19. The number of hydrogen-bond acceptors (Lipinski definition) is 5. The number of fused-ring (bicyclic) bond motifs is 1. The number of aromatic nitrogens is 3. The van der Waals surface area contributed by atoms with Gasteiger partial charge in [0.25, 0.3) is 0 Å². The second-order valence-electron chi connectivity index (χ2n) is 4.37. The lowest BCUT2D eigenvalue weighted by Crippen LogP contribution is -2.24. The number of aromatic amines is 1. The Morgan fingerprint density at radius 2 is 2.00 bits per heavy atom. The zero-order valence-corrected chi connectivity index (χ0v) is 11.2. The maximum atomic E-state index is 5.89. The summed E-state index contributed by atoms with van der Waals surface area (Å²) >= 11 is 0. The van der Waals surface area contributed by atoms with Gasteiger partial charge in [-0.2, -0.15) is 5.10 Å². The number of hydrogen-bond donors (Lipinski definition) is 1. The van der Waals surface area contributed by atoms with E-state index in [0.29, 0.717) is 5.82 Å². The van der Waals surface area contributed by atoms with Gasteiger partial charge in [-0.3, -0.25) is 5.10 Å². The zero-order valence-electron chi connectivity index (χ0n) is 11.2. The molecule has 1 unspecified atom stereocenters. The van der Waals surface area contributed by atoms with Crippen LogP contribution in [0.25, 0.3) is 11.0 Å². The van der Waals surface area contributed by atoms with Crippen molar-refractivity contribution in [2.45, 2.75) is 12.2 Å². The molecule has 6 heteroatoms. The Hall–Kier alpha value is -2.18. The summed E-state index contributed by atoms with van der Waals surface area (Å²) in [6.45, 7) is 0. The first-order valence-electron chi connectivity index (χ1n) is 6.23. The predicted molar refractivity (Wildman–Crippen MR) is 72.2 cm³/mol. The first-order chi connectivity index (χ1) is 9.83. The molecule has 0 spiro atoms. The second kappa shape index (κ2) is 5.44. The predicted octanol–water partition coefficient (Wildman–Crippen LogP) is 2.30.